The number of carbonyl (C=O) groups is 1. The third-order valence-corrected chi connectivity index (χ3v) is 4.39. The maximum atomic E-state index is 12.0. The standard InChI is InChI=1S/C20H23NO4/c1-24-17-6-2-14(3-7-17)4-9-20(23)21-13-18(22)15-5-8-19-16(12-15)10-11-25-19/h2-3,5-8,12,18,22H,4,9-11,13H2,1H3,(H,21,23)/t18-/m1/s1. The van der Waals surface area contributed by atoms with Gasteiger partial charge in [0.1, 0.15) is 11.5 Å². The molecule has 0 aromatic heterocycles. The molecular formula is C20H23NO4. The number of hydrogen-bond donors (Lipinski definition) is 2. The molecule has 0 saturated carbocycles. The number of methoxy groups -OCH3 is 1. The zero-order valence-corrected chi connectivity index (χ0v) is 14.3. The molecule has 0 bridgehead atoms. The molecule has 2 aromatic carbocycles. The minimum atomic E-state index is -0.712. The van der Waals surface area contributed by atoms with Crippen LogP contribution in [0.3, 0.4) is 0 Å². The minimum absolute atomic E-state index is 0.0700. The number of aliphatic hydroxyl groups is 1. The third kappa shape index (κ3) is 4.51. The van der Waals surface area contributed by atoms with Gasteiger partial charge in [-0.2, -0.15) is 0 Å². The normalized spacial score (nSPS) is 13.7. The predicted octanol–water partition coefficient (Wildman–Crippen LogP) is 2.41. The summed E-state index contributed by atoms with van der Waals surface area (Å²) in [7, 11) is 1.63. The number of rotatable bonds is 7. The Balaban J connectivity index is 1.45. The van der Waals surface area contributed by atoms with Crippen LogP contribution in [0.15, 0.2) is 42.5 Å². The second-order valence-electron chi connectivity index (χ2n) is 6.13. The zero-order valence-electron chi connectivity index (χ0n) is 14.3. The number of amides is 1. The molecule has 0 spiro atoms. The highest BCUT2D eigenvalue weighted by Gasteiger charge is 2.16. The first-order valence-corrected chi connectivity index (χ1v) is 8.49. The largest absolute Gasteiger partial charge is 0.497 e. The van der Waals surface area contributed by atoms with E-state index in [9.17, 15) is 9.90 Å². The van der Waals surface area contributed by atoms with Gasteiger partial charge in [-0.15, -0.1) is 0 Å². The van der Waals surface area contributed by atoms with Gasteiger partial charge in [0.15, 0.2) is 0 Å². The number of fused-ring (bicyclic) bond motifs is 1. The van der Waals surface area contributed by atoms with E-state index >= 15 is 0 Å². The van der Waals surface area contributed by atoms with Crippen LogP contribution in [0, 0.1) is 0 Å². The second kappa shape index (κ2) is 8.03. The van der Waals surface area contributed by atoms with Gasteiger partial charge in [0.2, 0.25) is 5.91 Å². The van der Waals surface area contributed by atoms with E-state index < -0.39 is 6.10 Å². The van der Waals surface area contributed by atoms with Crippen molar-refractivity contribution >= 4 is 5.91 Å². The smallest absolute Gasteiger partial charge is 0.220 e. The first-order chi connectivity index (χ1) is 12.2. The molecule has 0 fully saturated rings. The number of ether oxygens (including phenoxy) is 2. The summed E-state index contributed by atoms with van der Waals surface area (Å²) in [4.78, 5) is 12.0. The van der Waals surface area contributed by atoms with Crippen LogP contribution in [0.5, 0.6) is 11.5 Å². The van der Waals surface area contributed by atoms with Gasteiger partial charge in [-0.05, 0) is 47.4 Å². The highest BCUT2D eigenvalue weighted by Crippen LogP contribution is 2.28. The SMILES string of the molecule is COc1ccc(CCC(=O)NC[C@@H](O)c2ccc3c(c2)CCO3)cc1. The molecule has 3 rings (SSSR count). The van der Waals surface area contributed by atoms with Crippen molar-refractivity contribution in [2.45, 2.75) is 25.4 Å². The number of hydrogen-bond acceptors (Lipinski definition) is 4. The Kier molecular flexibility index (Phi) is 5.56. The van der Waals surface area contributed by atoms with Crippen molar-refractivity contribution in [1.29, 1.82) is 0 Å². The summed E-state index contributed by atoms with van der Waals surface area (Å²) >= 11 is 0. The summed E-state index contributed by atoms with van der Waals surface area (Å²) in [6.07, 6.45) is 1.19. The Morgan fingerprint density at radius 3 is 2.84 bits per heavy atom. The van der Waals surface area contributed by atoms with E-state index in [1.54, 1.807) is 7.11 Å². The Hall–Kier alpha value is -2.53. The van der Waals surface area contributed by atoms with Crippen LogP contribution in [0.1, 0.15) is 29.2 Å². The second-order valence-corrected chi connectivity index (χ2v) is 6.13. The van der Waals surface area contributed by atoms with Crippen molar-refractivity contribution in [2.75, 3.05) is 20.3 Å². The highest BCUT2D eigenvalue weighted by molar-refractivity contribution is 5.76. The third-order valence-electron chi connectivity index (χ3n) is 4.39. The molecule has 2 N–H and O–H groups in total. The fourth-order valence-electron chi connectivity index (χ4n) is 2.88. The summed E-state index contributed by atoms with van der Waals surface area (Å²) < 4.78 is 10.6. The predicted molar refractivity (Wildman–Crippen MR) is 94.9 cm³/mol. The average molecular weight is 341 g/mol. The molecule has 1 aliphatic rings. The van der Waals surface area contributed by atoms with Gasteiger partial charge in [0, 0.05) is 19.4 Å². The summed E-state index contributed by atoms with van der Waals surface area (Å²) in [5.74, 6) is 1.62. The number of nitrogens with one attached hydrogen (secondary N) is 1. The lowest BCUT2D eigenvalue weighted by atomic mass is 10.0. The molecule has 0 saturated heterocycles. The van der Waals surface area contributed by atoms with E-state index in [1.807, 2.05) is 42.5 Å². The molecule has 25 heavy (non-hydrogen) atoms. The maximum Gasteiger partial charge on any atom is 0.220 e. The van der Waals surface area contributed by atoms with Gasteiger partial charge in [-0.3, -0.25) is 4.79 Å². The van der Waals surface area contributed by atoms with Gasteiger partial charge < -0.3 is 19.9 Å². The van der Waals surface area contributed by atoms with Crippen molar-refractivity contribution in [2.24, 2.45) is 0 Å². The lowest BCUT2D eigenvalue weighted by Crippen LogP contribution is -2.28. The van der Waals surface area contributed by atoms with E-state index in [0.717, 1.165) is 34.6 Å². The average Bonchev–Trinajstić information content (AvgIpc) is 3.12. The van der Waals surface area contributed by atoms with Crippen molar-refractivity contribution < 1.29 is 19.4 Å². The fourth-order valence-corrected chi connectivity index (χ4v) is 2.88. The van der Waals surface area contributed by atoms with Gasteiger partial charge in [-0.1, -0.05) is 18.2 Å². The molecule has 1 heterocycles. The Morgan fingerprint density at radius 1 is 1.28 bits per heavy atom. The van der Waals surface area contributed by atoms with E-state index in [2.05, 4.69) is 5.32 Å². The monoisotopic (exact) mass is 341 g/mol. The van der Waals surface area contributed by atoms with Crippen LogP contribution in [-0.4, -0.2) is 31.3 Å². The first-order valence-electron chi connectivity index (χ1n) is 8.49. The van der Waals surface area contributed by atoms with E-state index in [1.165, 1.54) is 0 Å². The molecule has 1 aliphatic heterocycles. The summed E-state index contributed by atoms with van der Waals surface area (Å²) in [5, 5.41) is 13.1. The van der Waals surface area contributed by atoms with Crippen LogP contribution >= 0.6 is 0 Å². The molecule has 0 aliphatic carbocycles. The molecule has 0 radical (unpaired) electrons. The summed E-state index contributed by atoms with van der Waals surface area (Å²) in [5.41, 5.74) is 3.00. The molecule has 1 atom stereocenters. The Morgan fingerprint density at radius 2 is 2.08 bits per heavy atom. The number of aryl methyl sites for hydroxylation is 1. The molecule has 0 unspecified atom stereocenters. The first kappa shape index (κ1) is 17.3. The topological polar surface area (TPSA) is 67.8 Å². The molecular weight excluding hydrogens is 318 g/mol. The minimum Gasteiger partial charge on any atom is -0.497 e. The zero-order chi connectivity index (χ0) is 17.6. The lowest BCUT2D eigenvalue weighted by molar-refractivity contribution is -0.121. The highest BCUT2D eigenvalue weighted by atomic mass is 16.5. The van der Waals surface area contributed by atoms with Gasteiger partial charge in [-0.25, -0.2) is 0 Å². The van der Waals surface area contributed by atoms with E-state index in [4.69, 9.17) is 9.47 Å². The molecule has 1 amide bonds. The Bertz CT molecular complexity index is 727. The number of carbonyl (C=O) groups excluding carboxylic acids is 1. The van der Waals surface area contributed by atoms with E-state index in [0.29, 0.717) is 19.4 Å². The maximum absolute atomic E-state index is 12.0. The summed E-state index contributed by atoms with van der Waals surface area (Å²) in [6, 6.07) is 13.4. The lowest BCUT2D eigenvalue weighted by Gasteiger charge is -2.13. The van der Waals surface area contributed by atoms with Crippen molar-refractivity contribution in [1.82, 2.24) is 5.32 Å². The van der Waals surface area contributed by atoms with Crippen LogP contribution in [0.25, 0.3) is 0 Å². The fraction of sp³-hybridized carbons (Fsp3) is 0.350. The van der Waals surface area contributed by atoms with Crippen LogP contribution in [0.2, 0.25) is 0 Å². The van der Waals surface area contributed by atoms with Crippen LogP contribution in [-0.2, 0) is 17.6 Å². The van der Waals surface area contributed by atoms with Crippen molar-refractivity contribution in [3.8, 4) is 11.5 Å². The quantitative estimate of drug-likeness (QED) is 0.812. The molecule has 5 nitrogen and oxygen atoms in total. The van der Waals surface area contributed by atoms with Gasteiger partial charge >= 0.3 is 0 Å². The van der Waals surface area contributed by atoms with E-state index in [-0.39, 0.29) is 12.5 Å². The van der Waals surface area contributed by atoms with Crippen molar-refractivity contribution in [3.05, 3.63) is 59.2 Å². The molecule has 2 aromatic rings. The van der Waals surface area contributed by atoms with Gasteiger partial charge in [0.25, 0.3) is 0 Å². The number of aliphatic hydroxyl groups excluding tert-OH is 1. The van der Waals surface area contributed by atoms with Gasteiger partial charge in [0.05, 0.1) is 19.8 Å². The molecule has 5 heteroatoms. The molecule has 132 valence electrons. The number of benzene rings is 2. The summed E-state index contributed by atoms with van der Waals surface area (Å²) in [6.45, 7) is 0.901. The van der Waals surface area contributed by atoms with Crippen LogP contribution < -0.4 is 14.8 Å². The van der Waals surface area contributed by atoms with Crippen molar-refractivity contribution in [3.63, 3.8) is 0 Å². The van der Waals surface area contributed by atoms with Crippen LogP contribution in [0.4, 0.5) is 0 Å². The Labute approximate surface area is 147 Å².